The average Bonchev–Trinajstić information content (AvgIpc) is 2.96. The minimum Gasteiger partial charge on any atom is -0.469 e. The summed E-state index contributed by atoms with van der Waals surface area (Å²) in [7, 11) is -2.06. The predicted octanol–water partition coefficient (Wildman–Crippen LogP) is 5.67. The molecule has 1 atom stereocenters. The number of hydrogen-bond acceptors (Lipinski definition) is 8. The van der Waals surface area contributed by atoms with Crippen LogP contribution < -0.4 is 10.2 Å². The van der Waals surface area contributed by atoms with E-state index in [1.807, 2.05) is 11.0 Å². The van der Waals surface area contributed by atoms with Crippen molar-refractivity contribution in [2.45, 2.75) is 82.8 Å². The van der Waals surface area contributed by atoms with Crippen molar-refractivity contribution >= 4 is 39.2 Å². The quantitative estimate of drug-likeness (QED) is 0.239. The van der Waals surface area contributed by atoms with Gasteiger partial charge in [-0.15, -0.1) is 0 Å². The number of rotatable bonds is 12. The van der Waals surface area contributed by atoms with E-state index in [4.69, 9.17) is 9.47 Å². The van der Waals surface area contributed by atoms with Crippen molar-refractivity contribution in [3.05, 3.63) is 54.1 Å². The Kier molecular flexibility index (Phi) is 12.0. The fourth-order valence-electron chi connectivity index (χ4n) is 4.93. The molecule has 0 saturated carbocycles. The number of nitrogens with one attached hydrogen (secondary N) is 1. The van der Waals surface area contributed by atoms with Gasteiger partial charge < -0.3 is 24.6 Å². The van der Waals surface area contributed by atoms with Gasteiger partial charge in [0.05, 0.1) is 30.2 Å². The Labute approximate surface area is 255 Å². The number of methoxy groups -OCH3 is 1. The first-order valence-corrected chi connectivity index (χ1v) is 16.5. The van der Waals surface area contributed by atoms with E-state index < -0.39 is 27.5 Å². The molecule has 1 N–H and O–H groups in total. The van der Waals surface area contributed by atoms with Crippen molar-refractivity contribution in [2.75, 3.05) is 42.7 Å². The summed E-state index contributed by atoms with van der Waals surface area (Å²) in [5.74, 6) is -0.653. The topological polar surface area (TPSA) is 122 Å². The number of ether oxygens (including phenoxy) is 2. The second-order valence-electron chi connectivity index (χ2n) is 11.8. The van der Waals surface area contributed by atoms with Crippen LogP contribution in [-0.4, -0.2) is 75.4 Å². The lowest BCUT2D eigenvalue weighted by Gasteiger charge is -2.42. The number of hydrogen-bond donors (Lipinski definition) is 1. The number of esters is 1. The zero-order valence-electron chi connectivity index (χ0n) is 25.9. The third-order valence-electron chi connectivity index (χ3n) is 7.19. The zero-order chi connectivity index (χ0) is 31.6. The van der Waals surface area contributed by atoms with Gasteiger partial charge in [0.1, 0.15) is 5.60 Å². The molecule has 3 rings (SSSR count). The van der Waals surface area contributed by atoms with Crippen LogP contribution in [0.5, 0.6) is 0 Å². The molecule has 10 nitrogen and oxygen atoms in total. The number of nitrogens with zero attached hydrogens (tertiary/aromatic N) is 2. The predicted molar refractivity (Wildman–Crippen MR) is 167 cm³/mol. The number of piperazine rings is 1. The minimum absolute atomic E-state index is 0.0558. The summed E-state index contributed by atoms with van der Waals surface area (Å²) in [5.41, 5.74) is 0.959. The Morgan fingerprint density at radius 3 is 2.33 bits per heavy atom. The summed E-state index contributed by atoms with van der Waals surface area (Å²) < 4.78 is 35.8. The summed E-state index contributed by atoms with van der Waals surface area (Å²) in [6, 6.07) is 12.9. The highest BCUT2D eigenvalue weighted by atomic mass is 32.2. The molecular weight excluding hydrogens is 570 g/mol. The Bertz CT molecular complexity index is 1350. The molecule has 2 amide bonds. The minimum atomic E-state index is -3.38. The van der Waals surface area contributed by atoms with E-state index in [9.17, 15) is 22.8 Å². The molecule has 1 aliphatic heterocycles. The summed E-state index contributed by atoms with van der Waals surface area (Å²) in [6.07, 6.45) is 4.38. The van der Waals surface area contributed by atoms with E-state index in [1.165, 1.54) is 19.2 Å². The van der Waals surface area contributed by atoms with E-state index in [0.29, 0.717) is 30.8 Å². The van der Waals surface area contributed by atoms with Crippen LogP contribution in [0.1, 0.15) is 76.6 Å². The van der Waals surface area contributed by atoms with Crippen molar-refractivity contribution in [3.8, 4) is 0 Å². The van der Waals surface area contributed by atoms with Crippen molar-refractivity contribution in [1.29, 1.82) is 0 Å². The molecule has 0 aliphatic carbocycles. The molecule has 0 unspecified atom stereocenters. The lowest BCUT2D eigenvalue weighted by molar-refractivity contribution is -0.141. The highest BCUT2D eigenvalue weighted by Gasteiger charge is 2.34. The number of sulfone groups is 1. The van der Waals surface area contributed by atoms with Crippen molar-refractivity contribution in [2.24, 2.45) is 0 Å². The normalized spacial score (nSPS) is 15.6. The van der Waals surface area contributed by atoms with Crippen LogP contribution in [0.2, 0.25) is 0 Å². The number of carbonyl (C=O) groups excluding carboxylic acids is 3. The second-order valence-corrected chi connectivity index (χ2v) is 13.9. The second kappa shape index (κ2) is 15.2. The van der Waals surface area contributed by atoms with Crippen LogP contribution in [0, 0.1) is 0 Å². The van der Waals surface area contributed by atoms with Gasteiger partial charge in [0, 0.05) is 36.6 Å². The number of amides is 2. The highest BCUT2D eigenvalue weighted by molar-refractivity contribution is 7.91. The van der Waals surface area contributed by atoms with Crippen molar-refractivity contribution < 1.29 is 32.3 Å². The van der Waals surface area contributed by atoms with Gasteiger partial charge in [-0.05, 0) is 69.7 Å². The third kappa shape index (κ3) is 10.3. The van der Waals surface area contributed by atoms with Crippen LogP contribution in [0.4, 0.5) is 16.2 Å². The van der Waals surface area contributed by atoms with Crippen molar-refractivity contribution in [1.82, 2.24) is 4.90 Å². The fraction of sp³-hybridized carbons (Fsp3) is 0.531. The smallest absolute Gasteiger partial charge is 0.410 e. The Balaban J connectivity index is 1.69. The maximum Gasteiger partial charge on any atom is 0.410 e. The highest BCUT2D eigenvalue weighted by Crippen LogP contribution is 2.26. The number of unbranched alkanes of at least 4 members (excludes halogenated alkanes) is 4. The van der Waals surface area contributed by atoms with Gasteiger partial charge >= 0.3 is 12.1 Å². The first kappa shape index (κ1) is 33.9. The van der Waals surface area contributed by atoms with Crippen LogP contribution in [0.3, 0.4) is 0 Å². The molecule has 236 valence electrons. The fourth-order valence-corrected chi connectivity index (χ4v) is 6.30. The Hall–Kier alpha value is -3.60. The van der Waals surface area contributed by atoms with E-state index >= 15 is 0 Å². The largest absolute Gasteiger partial charge is 0.469 e. The Morgan fingerprint density at radius 2 is 1.67 bits per heavy atom. The molecular formula is C32H45N3O7S. The molecule has 0 bridgehead atoms. The molecule has 1 saturated heterocycles. The molecule has 43 heavy (non-hydrogen) atoms. The molecule has 2 aromatic carbocycles. The standard InChI is InChI=1S/C32H45N3O7S/c1-6-7-8-9-10-20-43(39,40)28-16-14-25(15-17-28)33-30(37)24-12-11-13-26(21-24)35-19-18-34(31(38)42-32(2,3)4)23-27(35)22-29(36)41-5/h11-17,21,27H,6-10,18-20,22-23H2,1-5H3,(H,33,37)/t27-/m0/s1. The van der Waals surface area contributed by atoms with Gasteiger partial charge in [-0.3, -0.25) is 9.59 Å². The summed E-state index contributed by atoms with van der Waals surface area (Å²) in [4.78, 5) is 41.9. The SMILES string of the molecule is CCCCCCCS(=O)(=O)c1ccc(NC(=O)c2cccc(N3CCN(C(=O)OC(C)(C)C)C[C@@H]3CC(=O)OC)c2)cc1. The van der Waals surface area contributed by atoms with Crippen LogP contribution in [-0.2, 0) is 24.1 Å². The maximum absolute atomic E-state index is 13.1. The number of carbonyl (C=O) groups is 3. The maximum atomic E-state index is 13.1. The molecule has 0 radical (unpaired) electrons. The molecule has 2 aromatic rings. The van der Waals surface area contributed by atoms with Gasteiger partial charge in [-0.1, -0.05) is 38.7 Å². The summed E-state index contributed by atoms with van der Waals surface area (Å²) in [5, 5.41) is 2.83. The zero-order valence-corrected chi connectivity index (χ0v) is 26.7. The number of benzene rings is 2. The van der Waals surface area contributed by atoms with Gasteiger partial charge in [0.15, 0.2) is 9.84 Å². The first-order chi connectivity index (χ1) is 20.3. The van der Waals surface area contributed by atoms with Gasteiger partial charge in [-0.25, -0.2) is 13.2 Å². The molecule has 1 fully saturated rings. The lowest BCUT2D eigenvalue weighted by atomic mass is 10.1. The van der Waals surface area contributed by atoms with E-state index in [1.54, 1.807) is 56.0 Å². The number of anilines is 2. The van der Waals surface area contributed by atoms with Gasteiger partial charge in [0.2, 0.25) is 0 Å². The first-order valence-electron chi connectivity index (χ1n) is 14.9. The van der Waals surface area contributed by atoms with E-state index in [-0.39, 0.29) is 35.6 Å². The molecule has 0 aromatic heterocycles. The summed E-state index contributed by atoms with van der Waals surface area (Å²) in [6.45, 7) is 8.60. The van der Waals surface area contributed by atoms with E-state index in [2.05, 4.69) is 12.2 Å². The van der Waals surface area contributed by atoms with Crippen LogP contribution in [0.15, 0.2) is 53.4 Å². The van der Waals surface area contributed by atoms with E-state index in [0.717, 1.165) is 31.4 Å². The van der Waals surface area contributed by atoms with Gasteiger partial charge in [-0.2, -0.15) is 0 Å². The Morgan fingerprint density at radius 1 is 0.977 bits per heavy atom. The average molecular weight is 616 g/mol. The van der Waals surface area contributed by atoms with Gasteiger partial charge in [0.25, 0.3) is 5.91 Å². The monoisotopic (exact) mass is 615 g/mol. The third-order valence-corrected chi connectivity index (χ3v) is 9.01. The molecule has 1 aliphatic rings. The molecule has 1 heterocycles. The summed E-state index contributed by atoms with van der Waals surface area (Å²) >= 11 is 0. The van der Waals surface area contributed by atoms with Crippen LogP contribution in [0.25, 0.3) is 0 Å². The van der Waals surface area contributed by atoms with Crippen LogP contribution >= 0.6 is 0 Å². The molecule has 11 heteroatoms. The molecule has 0 spiro atoms. The lowest BCUT2D eigenvalue weighted by Crippen LogP contribution is -2.56. The van der Waals surface area contributed by atoms with Crippen molar-refractivity contribution in [3.63, 3.8) is 0 Å².